The number of hydrogen-bond donors (Lipinski definition) is 1. The lowest BCUT2D eigenvalue weighted by atomic mass is 10.1. The molecule has 1 fully saturated rings. The average molecular weight is 385 g/mol. The Balaban J connectivity index is 1.71. The zero-order chi connectivity index (χ0) is 19.0. The van der Waals surface area contributed by atoms with Crippen LogP contribution in [0.15, 0.2) is 42.5 Å². The first-order valence-electron chi connectivity index (χ1n) is 9.50. The summed E-state index contributed by atoms with van der Waals surface area (Å²) in [6.45, 7) is 2.66. The molecule has 1 amide bonds. The number of unbranched alkanes of at least 4 members (excludes halogenated alkanes) is 1. The number of aromatic amines is 1. The van der Waals surface area contributed by atoms with E-state index in [0.29, 0.717) is 18.7 Å². The topological polar surface area (TPSA) is 70.2 Å². The van der Waals surface area contributed by atoms with Crippen LogP contribution in [0.25, 0.3) is 21.7 Å². The van der Waals surface area contributed by atoms with E-state index in [9.17, 15) is 13.2 Å². The molecule has 1 unspecified atom stereocenters. The van der Waals surface area contributed by atoms with Crippen LogP contribution >= 0.6 is 0 Å². The number of rotatable bonds is 5. The van der Waals surface area contributed by atoms with Gasteiger partial charge in [-0.25, -0.2) is 8.42 Å². The van der Waals surface area contributed by atoms with Gasteiger partial charge in [0.25, 0.3) is 5.91 Å². The Hall–Kier alpha value is -2.34. The molecule has 1 aromatic heterocycles. The summed E-state index contributed by atoms with van der Waals surface area (Å²) in [5.74, 6) is 0.141. The van der Waals surface area contributed by atoms with Crippen molar-refractivity contribution in [2.24, 2.45) is 0 Å². The fraction of sp³-hybridized carbons (Fsp3) is 0.381. The van der Waals surface area contributed by atoms with E-state index in [1.165, 1.54) is 0 Å². The van der Waals surface area contributed by atoms with E-state index >= 15 is 0 Å². The maximum atomic E-state index is 13.3. The van der Waals surface area contributed by atoms with E-state index < -0.39 is 9.84 Å². The summed E-state index contributed by atoms with van der Waals surface area (Å²) in [5.41, 5.74) is 1.45. The Bertz CT molecular complexity index is 1100. The van der Waals surface area contributed by atoms with Crippen LogP contribution < -0.4 is 0 Å². The molecule has 0 aliphatic carbocycles. The fourth-order valence-corrected chi connectivity index (χ4v) is 5.69. The van der Waals surface area contributed by atoms with Crippen LogP contribution in [0, 0.1) is 0 Å². The highest BCUT2D eigenvalue weighted by Crippen LogP contribution is 2.27. The molecule has 1 saturated heterocycles. The summed E-state index contributed by atoms with van der Waals surface area (Å²) in [6.07, 6.45) is 2.35. The van der Waals surface area contributed by atoms with Crippen LogP contribution in [-0.2, 0) is 9.84 Å². The molecule has 1 atom stereocenters. The van der Waals surface area contributed by atoms with Crippen molar-refractivity contribution >= 4 is 37.4 Å². The van der Waals surface area contributed by atoms with Gasteiger partial charge in [0.1, 0.15) is 5.69 Å². The molecule has 0 spiro atoms. The SMILES string of the molecule is CCCCN(C(=O)c1cc2c(ccc3ccccc32)[nH]1)C1CCS(=O)(=O)C1. The molecule has 1 aliphatic rings. The minimum absolute atomic E-state index is 0.0750. The molecule has 2 heterocycles. The van der Waals surface area contributed by atoms with Crippen molar-refractivity contribution in [3.05, 3.63) is 48.2 Å². The van der Waals surface area contributed by atoms with Gasteiger partial charge in [-0.1, -0.05) is 43.7 Å². The van der Waals surface area contributed by atoms with Gasteiger partial charge in [-0.3, -0.25) is 4.79 Å². The van der Waals surface area contributed by atoms with Crippen molar-refractivity contribution in [1.29, 1.82) is 0 Å². The summed E-state index contributed by atoms with van der Waals surface area (Å²) < 4.78 is 23.8. The van der Waals surface area contributed by atoms with Crippen LogP contribution in [-0.4, -0.2) is 48.3 Å². The van der Waals surface area contributed by atoms with E-state index in [1.807, 2.05) is 30.3 Å². The molecule has 5 nitrogen and oxygen atoms in total. The zero-order valence-electron chi connectivity index (χ0n) is 15.4. The minimum atomic E-state index is -3.04. The molecule has 142 valence electrons. The smallest absolute Gasteiger partial charge is 0.270 e. The normalized spacial score (nSPS) is 18.9. The van der Waals surface area contributed by atoms with E-state index in [2.05, 4.69) is 24.0 Å². The van der Waals surface area contributed by atoms with Gasteiger partial charge in [0.2, 0.25) is 0 Å². The Labute approximate surface area is 159 Å². The molecule has 0 bridgehead atoms. The van der Waals surface area contributed by atoms with Gasteiger partial charge in [0.05, 0.1) is 11.5 Å². The van der Waals surface area contributed by atoms with Gasteiger partial charge >= 0.3 is 0 Å². The first kappa shape index (κ1) is 18.0. The Kier molecular flexibility index (Phi) is 4.68. The number of nitrogens with zero attached hydrogens (tertiary/aromatic N) is 1. The molecule has 2 aromatic carbocycles. The van der Waals surface area contributed by atoms with Crippen molar-refractivity contribution in [1.82, 2.24) is 9.88 Å². The number of H-pyrrole nitrogens is 1. The molecule has 6 heteroatoms. The fourth-order valence-electron chi connectivity index (χ4n) is 3.96. The average Bonchev–Trinajstić information content (AvgIpc) is 3.25. The first-order valence-corrected chi connectivity index (χ1v) is 11.3. The number of aromatic nitrogens is 1. The predicted molar refractivity (Wildman–Crippen MR) is 109 cm³/mol. The second-order valence-electron chi connectivity index (χ2n) is 7.34. The van der Waals surface area contributed by atoms with Gasteiger partial charge in [-0.05, 0) is 35.7 Å². The molecule has 0 radical (unpaired) electrons. The lowest BCUT2D eigenvalue weighted by Gasteiger charge is -2.27. The number of nitrogens with one attached hydrogen (secondary N) is 1. The van der Waals surface area contributed by atoms with Crippen molar-refractivity contribution in [3.63, 3.8) is 0 Å². The van der Waals surface area contributed by atoms with E-state index in [-0.39, 0.29) is 23.5 Å². The maximum absolute atomic E-state index is 13.3. The minimum Gasteiger partial charge on any atom is -0.351 e. The number of hydrogen-bond acceptors (Lipinski definition) is 3. The number of carbonyl (C=O) groups excluding carboxylic acids is 1. The molecular formula is C21H24N2O3S. The van der Waals surface area contributed by atoms with Crippen molar-refractivity contribution in [2.45, 2.75) is 32.2 Å². The Morgan fingerprint density at radius 2 is 2.00 bits per heavy atom. The Morgan fingerprint density at radius 1 is 1.19 bits per heavy atom. The summed E-state index contributed by atoms with van der Waals surface area (Å²) in [6, 6.07) is 13.8. The quantitative estimate of drug-likeness (QED) is 0.728. The third-order valence-electron chi connectivity index (χ3n) is 5.42. The molecule has 1 aliphatic heterocycles. The van der Waals surface area contributed by atoms with Crippen LogP contribution in [0.3, 0.4) is 0 Å². The van der Waals surface area contributed by atoms with Crippen molar-refractivity contribution < 1.29 is 13.2 Å². The lowest BCUT2D eigenvalue weighted by molar-refractivity contribution is 0.0689. The van der Waals surface area contributed by atoms with Crippen LogP contribution in [0.5, 0.6) is 0 Å². The van der Waals surface area contributed by atoms with Crippen LogP contribution in [0.2, 0.25) is 0 Å². The van der Waals surface area contributed by atoms with Gasteiger partial charge in [0.15, 0.2) is 9.84 Å². The van der Waals surface area contributed by atoms with E-state index in [4.69, 9.17) is 0 Å². The molecule has 1 N–H and O–H groups in total. The summed E-state index contributed by atoms with van der Waals surface area (Å²) >= 11 is 0. The number of sulfone groups is 1. The third kappa shape index (κ3) is 3.46. The highest BCUT2D eigenvalue weighted by Gasteiger charge is 2.35. The van der Waals surface area contributed by atoms with E-state index in [1.54, 1.807) is 4.90 Å². The highest BCUT2D eigenvalue weighted by molar-refractivity contribution is 7.91. The summed E-state index contributed by atoms with van der Waals surface area (Å²) in [7, 11) is -3.04. The zero-order valence-corrected chi connectivity index (χ0v) is 16.3. The molecule has 0 saturated carbocycles. The number of carbonyl (C=O) groups is 1. The summed E-state index contributed by atoms with van der Waals surface area (Å²) in [4.78, 5) is 18.3. The molecule has 4 rings (SSSR count). The standard InChI is InChI=1S/C21H24N2O3S/c1-2-3-11-23(16-10-12-27(25,26)14-16)21(24)20-13-18-17-7-5-4-6-15(17)8-9-19(18)22-20/h4-9,13,16,22H,2-3,10-12,14H2,1H3. The number of benzene rings is 2. The largest absolute Gasteiger partial charge is 0.351 e. The highest BCUT2D eigenvalue weighted by atomic mass is 32.2. The third-order valence-corrected chi connectivity index (χ3v) is 7.17. The summed E-state index contributed by atoms with van der Waals surface area (Å²) in [5, 5.41) is 3.26. The first-order chi connectivity index (χ1) is 13.0. The Morgan fingerprint density at radius 3 is 2.74 bits per heavy atom. The molecular weight excluding hydrogens is 360 g/mol. The van der Waals surface area contributed by atoms with Gasteiger partial charge < -0.3 is 9.88 Å². The van der Waals surface area contributed by atoms with Crippen molar-refractivity contribution in [3.8, 4) is 0 Å². The molecule has 3 aromatic rings. The molecule has 27 heavy (non-hydrogen) atoms. The van der Waals surface area contributed by atoms with Crippen LogP contribution in [0.1, 0.15) is 36.7 Å². The van der Waals surface area contributed by atoms with E-state index in [0.717, 1.165) is 34.5 Å². The van der Waals surface area contributed by atoms with Gasteiger partial charge in [-0.2, -0.15) is 0 Å². The van der Waals surface area contributed by atoms with Crippen LogP contribution in [0.4, 0.5) is 0 Å². The number of fused-ring (bicyclic) bond motifs is 3. The van der Waals surface area contributed by atoms with Gasteiger partial charge in [0, 0.05) is 23.5 Å². The second-order valence-corrected chi connectivity index (χ2v) is 9.57. The number of amides is 1. The lowest BCUT2D eigenvalue weighted by Crippen LogP contribution is -2.42. The predicted octanol–water partition coefficient (Wildman–Crippen LogP) is 3.75. The monoisotopic (exact) mass is 384 g/mol. The maximum Gasteiger partial charge on any atom is 0.270 e. The second kappa shape index (κ2) is 7.00. The van der Waals surface area contributed by atoms with Gasteiger partial charge in [-0.15, -0.1) is 0 Å². The van der Waals surface area contributed by atoms with Crippen molar-refractivity contribution in [2.75, 3.05) is 18.1 Å².